The Morgan fingerprint density at radius 3 is 2.09 bits per heavy atom. The summed E-state index contributed by atoms with van der Waals surface area (Å²) in [6.45, 7) is 0. The molecule has 8 heteroatoms. The Balaban J connectivity index is 2.49. The number of methoxy groups -OCH3 is 3. The number of H-pyrrole nitrogens is 1. The normalized spacial score (nSPS) is 10.0. The molecule has 2 rings (SSSR count). The van der Waals surface area contributed by atoms with Crippen molar-refractivity contribution in [2.75, 3.05) is 21.3 Å². The maximum Gasteiger partial charge on any atom is 0.357 e. The van der Waals surface area contributed by atoms with Gasteiger partial charge in [0.25, 0.3) is 0 Å². The number of esters is 2. The Bertz CT molecular complexity index is 748. The highest BCUT2D eigenvalue weighted by molar-refractivity contribution is 6.16. The summed E-state index contributed by atoms with van der Waals surface area (Å²) in [5, 5.41) is 6.11. The molecule has 0 fully saturated rings. The van der Waals surface area contributed by atoms with E-state index in [1.165, 1.54) is 19.2 Å². The van der Waals surface area contributed by atoms with Crippen LogP contribution in [0.1, 0.15) is 36.9 Å². The van der Waals surface area contributed by atoms with E-state index in [1.54, 1.807) is 12.1 Å². The van der Waals surface area contributed by atoms with Gasteiger partial charge in [0.1, 0.15) is 17.0 Å². The summed E-state index contributed by atoms with van der Waals surface area (Å²) in [6.07, 6.45) is 0. The number of hydrogen-bond acceptors (Lipinski definition) is 7. The third-order valence-corrected chi connectivity index (χ3v) is 3.11. The molecule has 23 heavy (non-hydrogen) atoms. The van der Waals surface area contributed by atoms with Crippen molar-refractivity contribution in [3.8, 4) is 5.75 Å². The Labute approximate surface area is 131 Å². The van der Waals surface area contributed by atoms with Crippen molar-refractivity contribution in [1.82, 2.24) is 10.2 Å². The quantitative estimate of drug-likeness (QED) is 0.652. The Morgan fingerprint density at radius 1 is 0.957 bits per heavy atom. The molecule has 0 unspecified atom stereocenters. The topological polar surface area (TPSA) is 108 Å². The van der Waals surface area contributed by atoms with E-state index in [4.69, 9.17) is 4.74 Å². The van der Waals surface area contributed by atoms with Gasteiger partial charge in [0.2, 0.25) is 5.78 Å². The first-order valence-corrected chi connectivity index (χ1v) is 6.47. The minimum atomic E-state index is -0.865. The van der Waals surface area contributed by atoms with Crippen molar-refractivity contribution in [1.29, 1.82) is 0 Å². The van der Waals surface area contributed by atoms with Crippen molar-refractivity contribution in [3.05, 3.63) is 46.8 Å². The maximum absolute atomic E-state index is 12.5. The highest BCUT2D eigenvalue weighted by Crippen LogP contribution is 2.19. The predicted molar refractivity (Wildman–Crippen MR) is 77.7 cm³/mol. The highest BCUT2D eigenvalue weighted by atomic mass is 16.5. The molecule has 2 aromatic rings. The molecule has 1 heterocycles. The van der Waals surface area contributed by atoms with Crippen LogP contribution in [0.5, 0.6) is 5.75 Å². The molecule has 0 aliphatic carbocycles. The number of carbonyl (C=O) groups excluding carboxylic acids is 3. The van der Waals surface area contributed by atoms with Gasteiger partial charge in [-0.05, 0) is 24.3 Å². The summed E-state index contributed by atoms with van der Waals surface area (Å²) in [4.78, 5) is 36.1. The first kappa shape index (κ1) is 16.2. The van der Waals surface area contributed by atoms with Gasteiger partial charge in [-0.2, -0.15) is 5.10 Å². The number of carbonyl (C=O) groups is 3. The van der Waals surface area contributed by atoms with E-state index in [9.17, 15) is 14.4 Å². The second-order valence-electron chi connectivity index (χ2n) is 4.36. The van der Waals surface area contributed by atoms with Gasteiger partial charge in [-0.15, -0.1) is 0 Å². The number of hydrogen-bond donors (Lipinski definition) is 1. The molecule has 8 nitrogen and oxygen atoms in total. The molecule has 0 radical (unpaired) electrons. The lowest BCUT2D eigenvalue weighted by atomic mass is 10.0. The second kappa shape index (κ2) is 6.73. The third kappa shape index (κ3) is 3.05. The number of benzene rings is 1. The first-order valence-electron chi connectivity index (χ1n) is 6.47. The summed E-state index contributed by atoms with van der Waals surface area (Å²) in [5.74, 6) is -1.66. The van der Waals surface area contributed by atoms with Crippen LogP contribution < -0.4 is 4.74 Å². The third-order valence-electron chi connectivity index (χ3n) is 3.11. The molecule has 0 atom stereocenters. The average Bonchev–Trinajstić information content (AvgIpc) is 3.04. The summed E-state index contributed by atoms with van der Waals surface area (Å²) in [7, 11) is 3.79. The molecule has 120 valence electrons. The first-order chi connectivity index (χ1) is 11.0. The summed E-state index contributed by atoms with van der Waals surface area (Å²) >= 11 is 0. The molecule has 0 amide bonds. The molecule has 1 aromatic heterocycles. The van der Waals surface area contributed by atoms with Crippen LogP contribution in [-0.4, -0.2) is 49.2 Å². The molecule has 1 aromatic carbocycles. The lowest BCUT2D eigenvalue weighted by molar-refractivity contribution is 0.0551. The predicted octanol–water partition coefficient (Wildman–Crippen LogP) is 1.22. The van der Waals surface area contributed by atoms with Gasteiger partial charge in [-0.1, -0.05) is 0 Å². The number of rotatable bonds is 5. The lowest BCUT2D eigenvalue weighted by Crippen LogP contribution is -2.14. The van der Waals surface area contributed by atoms with Crippen molar-refractivity contribution < 1.29 is 28.6 Å². The van der Waals surface area contributed by atoms with Crippen LogP contribution in [0.4, 0.5) is 0 Å². The van der Waals surface area contributed by atoms with Gasteiger partial charge < -0.3 is 14.2 Å². The zero-order chi connectivity index (χ0) is 17.0. The zero-order valence-corrected chi connectivity index (χ0v) is 12.7. The van der Waals surface area contributed by atoms with Crippen LogP contribution in [0.15, 0.2) is 24.3 Å². The van der Waals surface area contributed by atoms with E-state index in [2.05, 4.69) is 19.7 Å². The van der Waals surface area contributed by atoms with Crippen LogP contribution >= 0.6 is 0 Å². The van der Waals surface area contributed by atoms with Gasteiger partial charge in [0, 0.05) is 5.56 Å². The van der Waals surface area contributed by atoms with Crippen LogP contribution in [0.3, 0.4) is 0 Å². The van der Waals surface area contributed by atoms with Crippen molar-refractivity contribution in [2.24, 2.45) is 0 Å². The standard InChI is InChI=1S/C15H14N2O6/c1-21-9-6-4-8(5-7-9)13(18)11-10(14(19)22-2)12(17-16-11)15(20)23-3/h4-7H,1-3H3,(H,16,17). The van der Waals surface area contributed by atoms with Gasteiger partial charge in [0.05, 0.1) is 21.3 Å². The average molecular weight is 318 g/mol. The second-order valence-corrected chi connectivity index (χ2v) is 4.36. The largest absolute Gasteiger partial charge is 0.497 e. The number of aromatic nitrogens is 2. The van der Waals surface area contributed by atoms with E-state index in [-0.39, 0.29) is 22.5 Å². The summed E-state index contributed by atoms with van der Waals surface area (Å²) < 4.78 is 14.2. The smallest absolute Gasteiger partial charge is 0.357 e. The van der Waals surface area contributed by atoms with E-state index < -0.39 is 17.7 Å². The summed E-state index contributed by atoms with van der Waals surface area (Å²) in [5.41, 5.74) is -0.447. The van der Waals surface area contributed by atoms with Crippen molar-refractivity contribution in [3.63, 3.8) is 0 Å². The van der Waals surface area contributed by atoms with Gasteiger partial charge in [-0.3, -0.25) is 9.89 Å². The van der Waals surface area contributed by atoms with Gasteiger partial charge in [0.15, 0.2) is 5.69 Å². The Hall–Kier alpha value is -3.16. The fourth-order valence-electron chi connectivity index (χ4n) is 1.94. The maximum atomic E-state index is 12.5. The van der Waals surface area contributed by atoms with Crippen LogP contribution in [-0.2, 0) is 9.47 Å². The fraction of sp³-hybridized carbons (Fsp3) is 0.200. The minimum absolute atomic E-state index is 0.220. The van der Waals surface area contributed by atoms with Gasteiger partial charge in [-0.25, -0.2) is 9.59 Å². The molecular weight excluding hydrogens is 304 g/mol. The molecule has 0 bridgehead atoms. The molecule has 0 saturated carbocycles. The Morgan fingerprint density at radius 2 is 1.57 bits per heavy atom. The highest BCUT2D eigenvalue weighted by Gasteiger charge is 2.30. The molecule has 0 saturated heterocycles. The number of ketones is 1. The SMILES string of the molecule is COC(=O)c1[nH]nc(C(=O)c2ccc(OC)cc2)c1C(=O)OC. The van der Waals surface area contributed by atoms with Crippen LogP contribution in [0.2, 0.25) is 0 Å². The molecular formula is C15H14N2O6. The molecule has 1 N–H and O–H groups in total. The van der Waals surface area contributed by atoms with Crippen molar-refractivity contribution >= 4 is 17.7 Å². The van der Waals surface area contributed by atoms with E-state index in [0.29, 0.717) is 5.75 Å². The Kier molecular flexibility index (Phi) is 4.75. The zero-order valence-electron chi connectivity index (χ0n) is 12.7. The summed E-state index contributed by atoms with van der Waals surface area (Å²) in [6, 6.07) is 6.24. The molecule has 0 spiro atoms. The lowest BCUT2D eigenvalue weighted by Gasteiger charge is -2.04. The fourth-order valence-corrected chi connectivity index (χ4v) is 1.94. The molecule has 0 aliphatic rings. The van der Waals surface area contributed by atoms with E-state index >= 15 is 0 Å². The number of nitrogens with zero attached hydrogens (tertiary/aromatic N) is 1. The van der Waals surface area contributed by atoms with Crippen molar-refractivity contribution in [2.45, 2.75) is 0 Å². The number of aromatic amines is 1. The van der Waals surface area contributed by atoms with Crippen LogP contribution in [0.25, 0.3) is 0 Å². The van der Waals surface area contributed by atoms with E-state index in [1.807, 2.05) is 0 Å². The van der Waals surface area contributed by atoms with Crippen LogP contribution in [0, 0.1) is 0 Å². The van der Waals surface area contributed by atoms with E-state index in [0.717, 1.165) is 14.2 Å². The minimum Gasteiger partial charge on any atom is -0.497 e. The monoisotopic (exact) mass is 318 g/mol. The van der Waals surface area contributed by atoms with Gasteiger partial charge >= 0.3 is 11.9 Å². The number of nitrogens with one attached hydrogen (secondary N) is 1. The number of ether oxygens (including phenoxy) is 3. The molecule has 0 aliphatic heterocycles.